The van der Waals surface area contributed by atoms with Crippen molar-refractivity contribution in [2.45, 2.75) is 6.92 Å². The highest BCUT2D eigenvalue weighted by Crippen LogP contribution is 2.34. The Labute approximate surface area is 213 Å². The van der Waals surface area contributed by atoms with Crippen LogP contribution in [0.1, 0.15) is 15.9 Å². The average Bonchev–Trinajstić information content (AvgIpc) is 2.90. The fraction of sp³-hybridized carbons (Fsp3) is 0.259. The molecule has 0 saturated carbocycles. The molecule has 2 heterocycles. The molecule has 0 atom stereocenters. The Bertz CT molecular complexity index is 1530. The van der Waals surface area contributed by atoms with Crippen LogP contribution in [0.5, 0.6) is 17.2 Å². The van der Waals surface area contributed by atoms with Gasteiger partial charge in [-0.25, -0.2) is 9.97 Å². The molecule has 4 rings (SSSR count). The van der Waals surface area contributed by atoms with Crippen molar-refractivity contribution in [3.8, 4) is 40.0 Å². The van der Waals surface area contributed by atoms with E-state index in [1.165, 1.54) is 19.1 Å². The highest BCUT2D eigenvalue weighted by atomic mass is 16.5. The van der Waals surface area contributed by atoms with Gasteiger partial charge in [-0.3, -0.25) is 9.59 Å². The maximum atomic E-state index is 13.0. The Hall–Kier alpha value is -4.44. The zero-order valence-electron chi connectivity index (χ0n) is 21.3. The summed E-state index contributed by atoms with van der Waals surface area (Å²) in [7, 11) is 6.38. The van der Waals surface area contributed by atoms with Crippen molar-refractivity contribution in [1.82, 2.24) is 19.9 Å². The lowest BCUT2D eigenvalue weighted by atomic mass is 10.0. The maximum absolute atomic E-state index is 13.0. The SMILES string of the molecule is COc1cc(OC)c2c(=O)[nH]c(-c3ccc(OCCO)c(-c4ccc(C(=O)N(C)C)cc4C)n3)nc2c1. The summed E-state index contributed by atoms with van der Waals surface area (Å²) >= 11 is 0. The predicted molar refractivity (Wildman–Crippen MR) is 139 cm³/mol. The number of methoxy groups -OCH3 is 2. The topological polar surface area (TPSA) is 127 Å². The van der Waals surface area contributed by atoms with E-state index in [0.717, 1.165) is 11.1 Å². The third-order valence-corrected chi connectivity index (χ3v) is 5.79. The van der Waals surface area contributed by atoms with Gasteiger partial charge in [-0.05, 0) is 36.8 Å². The van der Waals surface area contributed by atoms with Crippen LogP contribution < -0.4 is 19.8 Å². The lowest BCUT2D eigenvalue weighted by molar-refractivity contribution is 0.0827. The summed E-state index contributed by atoms with van der Waals surface area (Å²) in [5.41, 5.74) is 2.98. The fourth-order valence-electron chi connectivity index (χ4n) is 3.98. The van der Waals surface area contributed by atoms with Crippen LogP contribution in [0.25, 0.3) is 33.7 Å². The van der Waals surface area contributed by atoms with Gasteiger partial charge in [0.1, 0.15) is 40.6 Å². The number of carbonyl (C=O) groups excluding carboxylic acids is 1. The van der Waals surface area contributed by atoms with Crippen molar-refractivity contribution >= 4 is 16.8 Å². The van der Waals surface area contributed by atoms with Crippen LogP contribution in [0.15, 0.2) is 47.3 Å². The number of hydrogen-bond donors (Lipinski definition) is 2. The Morgan fingerprint density at radius 1 is 1.03 bits per heavy atom. The number of nitrogens with zero attached hydrogens (tertiary/aromatic N) is 3. The van der Waals surface area contributed by atoms with Crippen LogP contribution in [0.3, 0.4) is 0 Å². The molecule has 1 amide bonds. The molecule has 0 aliphatic heterocycles. The molecule has 4 aromatic rings. The molecule has 0 radical (unpaired) electrons. The van der Waals surface area contributed by atoms with Gasteiger partial charge in [-0.15, -0.1) is 0 Å². The number of ether oxygens (including phenoxy) is 3. The van der Waals surface area contributed by atoms with Gasteiger partial charge < -0.3 is 29.2 Å². The molecule has 0 aliphatic carbocycles. The molecule has 2 aromatic heterocycles. The van der Waals surface area contributed by atoms with Crippen molar-refractivity contribution in [3.05, 3.63) is 63.9 Å². The van der Waals surface area contributed by atoms with E-state index in [1.54, 1.807) is 56.6 Å². The minimum atomic E-state index is -0.383. The molecule has 0 fully saturated rings. The molecule has 192 valence electrons. The lowest BCUT2D eigenvalue weighted by Gasteiger charge is -2.16. The van der Waals surface area contributed by atoms with Crippen molar-refractivity contribution in [3.63, 3.8) is 0 Å². The first kappa shape index (κ1) is 25.6. The summed E-state index contributed by atoms with van der Waals surface area (Å²) in [6, 6.07) is 12.0. The number of benzene rings is 2. The standard InChI is InChI=1S/C27H28N4O6/c1-15-12-16(27(34)31(2)3)6-7-18(15)24-21(37-11-10-32)9-8-19(28-24)25-29-20-13-17(35-4)14-22(36-5)23(20)26(33)30-25/h6-9,12-14,32H,10-11H2,1-5H3,(H,29,30,33). The quantitative estimate of drug-likeness (QED) is 0.375. The Morgan fingerprint density at radius 3 is 2.46 bits per heavy atom. The number of nitrogens with one attached hydrogen (secondary N) is 1. The summed E-state index contributed by atoms with van der Waals surface area (Å²) in [5, 5.41) is 9.58. The van der Waals surface area contributed by atoms with E-state index in [0.29, 0.717) is 45.1 Å². The third-order valence-electron chi connectivity index (χ3n) is 5.79. The molecule has 2 N–H and O–H groups in total. The van der Waals surface area contributed by atoms with Crippen LogP contribution in [-0.2, 0) is 0 Å². The number of aryl methyl sites for hydroxylation is 1. The second kappa shape index (κ2) is 10.7. The number of aromatic amines is 1. The summed E-state index contributed by atoms with van der Waals surface area (Å²) in [6.07, 6.45) is 0. The number of carbonyl (C=O) groups is 1. The molecule has 0 bridgehead atoms. The van der Waals surface area contributed by atoms with Crippen molar-refractivity contribution < 1.29 is 24.1 Å². The highest BCUT2D eigenvalue weighted by Gasteiger charge is 2.18. The van der Waals surface area contributed by atoms with Crippen LogP contribution in [0, 0.1) is 6.92 Å². The van der Waals surface area contributed by atoms with Crippen LogP contribution in [-0.4, -0.2) is 72.4 Å². The molecule has 10 heteroatoms. The minimum absolute atomic E-state index is 0.0783. The first-order chi connectivity index (χ1) is 17.8. The smallest absolute Gasteiger partial charge is 0.262 e. The van der Waals surface area contributed by atoms with Crippen LogP contribution in [0.4, 0.5) is 0 Å². The van der Waals surface area contributed by atoms with Gasteiger partial charge in [0.2, 0.25) is 0 Å². The number of aromatic nitrogens is 3. The molecule has 2 aromatic carbocycles. The Kier molecular flexibility index (Phi) is 7.40. The number of amides is 1. The first-order valence-electron chi connectivity index (χ1n) is 11.5. The molecule has 0 aliphatic rings. The van der Waals surface area contributed by atoms with Gasteiger partial charge in [-0.2, -0.15) is 0 Å². The van der Waals surface area contributed by atoms with E-state index in [2.05, 4.69) is 9.97 Å². The fourth-order valence-corrected chi connectivity index (χ4v) is 3.98. The van der Waals surface area contributed by atoms with Gasteiger partial charge in [0.05, 0.1) is 26.3 Å². The van der Waals surface area contributed by atoms with Crippen LogP contribution in [0.2, 0.25) is 0 Å². The van der Waals surface area contributed by atoms with Gasteiger partial charge >= 0.3 is 0 Å². The number of aliphatic hydroxyl groups excluding tert-OH is 1. The second-order valence-electron chi connectivity index (χ2n) is 8.48. The first-order valence-corrected chi connectivity index (χ1v) is 11.5. The molecule has 0 saturated heterocycles. The Balaban J connectivity index is 1.88. The number of aliphatic hydroxyl groups is 1. The molecule has 10 nitrogen and oxygen atoms in total. The third kappa shape index (κ3) is 5.10. The van der Waals surface area contributed by atoms with E-state index < -0.39 is 0 Å². The molecular formula is C27H28N4O6. The summed E-state index contributed by atoms with van der Waals surface area (Å²) in [6.45, 7) is 1.79. The molecule has 0 spiro atoms. The summed E-state index contributed by atoms with van der Waals surface area (Å²) in [4.78, 5) is 39.1. The van der Waals surface area contributed by atoms with E-state index >= 15 is 0 Å². The molecule has 0 unspecified atom stereocenters. The van der Waals surface area contributed by atoms with E-state index in [9.17, 15) is 14.7 Å². The Morgan fingerprint density at radius 2 is 1.81 bits per heavy atom. The number of H-pyrrole nitrogens is 1. The second-order valence-corrected chi connectivity index (χ2v) is 8.48. The summed E-state index contributed by atoms with van der Waals surface area (Å²) in [5.74, 6) is 1.42. The number of rotatable bonds is 8. The minimum Gasteiger partial charge on any atom is -0.497 e. The molecule has 37 heavy (non-hydrogen) atoms. The lowest BCUT2D eigenvalue weighted by Crippen LogP contribution is -2.21. The summed E-state index contributed by atoms with van der Waals surface area (Å²) < 4.78 is 16.4. The van der Waals surface area contributed by atoms with Crippen LogP contribution >= 0.6 is 0 Å². The van der Waals surface area contributed by atoms with E-state index in [1.807, 2.05) is 6.92 Å². The monoisotopic (exact) mass is 504 g/mol. The maximum Gasteiger partial charge on any atom is 0.262 e. The van der Waals surface area contributed by atoms with Crippen molar-refractivity contribution in [2.24, 2.45) is 0 Å². The molecular weight excluding hydrogens is 476 g/mol. The van der Waals surface area contributed by atoms with Gasteiger partial charge in [0.25, 0.3) is 11.5 Å². The zero-order chi connectivity index (χ0) is 26.7. The predicted octanol–water partition coefficient (Wildman–Crippen LogP) is 3.05. The van der Waals surface area contributed by atoms with Gasteiger partial charge in [-0.1, -0.05) is 6.07 Å². The normalized spacial score (nSPS) is 10.9. The van der Waals surface area contributed by atoms with Crippen molar-refractivity contribution in [2.75, 3.05) is 41.5 Å². The number of hydrogen-bond acceptors (Lipinski definition) is 8. The highest BCUT2D eigenvalue weighted by molar-refractivity contribution is 5.95. The number of pyridine rings is 1. The van der Waals surface area contributed by atoms with E-state index in [-0.39, 0.29) is 30.5 Å². The largest absolute Gasteiger partial charge is 0.497 e. The van der Waals surface area contributed by atoms with E-state index in [4.69, 9.17) is 19.2 Å². The van der Waals surface area contributed by atoms with Crippen molar-refractivity contribution in [1.29, 1.82) is 0 Å². The zero-order valence-corrected chi connectivity index (χ0v) is 21.3. The number of fused-ring (bicyclic) bond motifs is 1. The average molecular weight is 505 g/mol. The van der Waals surface area contributed by atoms with Gasteiger partial charge in [0.15, 0.2) is 5.82 Å². The van der Waals surface area contributed by atoms with Gasteiger partial charge in [0, 0.05) is 37.4 Å².